The number of benzene rings is 1. The Morgan fingerprint density at radius 2 is 2.24 bits per heavy atom. The van der Waals surface area contributed by atoms with Crippen molar-refractivity contribution in [3.05, 3.63) is 36.2 Å². The fourth-order valence-corrected chi connectivity index (χ4v) is 1.94. The standard InChI is InChI=1S/C15H20N4O2/c1-3-7-19-10-12(9-18-19)21-14-8-11(16)5-6-13(14)15(20)17-4-2/h5-6,8-10H,3-4,7,16H2,1-2H3,(H,17,20). The lowest BCUT2D eigenvalue weighted by atomic mass is 10.1. The Labute approximate surface area is 123 Å². The second kappa shape index (κ2) is 6.78. The van der Waals surface area contributed by atoms with Gasteiger partial charge in [-0.1, -0.05) is 6.92 Å². The Morgan fingerprint density at radius 3 is 2.95 bits per heavy atom. The van der Waals surface area contributed by atoms with Crippen LogP contribution in [0.3, 0.4) is 0 Å². The Bertz CT molecular complexity index is 622. The molecule has 21 heavy (non-hydrogen) atoms. The van der Waals surface area contributed by atoms with Gasteiger partial charge in [0.2, 0.25) is 0 Å². The van der Waals surface area contributed by atoms with Crippen molar-refractivity contribution in [2.24, 2.45) is 0 Å². The topological polar surface area (TPSA) is 82.2 Å². The minimum absolute atomic E-state index is 0.187. The van der Waals surface area contributed by atoms with Crippen molar-refractivity contribution in [2.75, 3.05) is 12.3 Å². The largest absolute Gasteiger partial charge is 0.453 e. The highest BCUT2D eigenvalue weighted by Crippen LogP contribution is 2.27. The van der Waals surface area contributed by atoms with Crippen molar-refractivity contribution in [1.82, 2.24) is 15.1 Å². The third-order valence-corrected chi connectivity index (χ3v) is 2.88. The molecule has 0 aliphatic rings. The van der Waals surface area contributed by atoms with Crippen LogP contribution in [0.1, 0.15) is 30.6 Å². The smallest absolute Gasteiger partial charge is 0.255 e. The minimum Gasteiger partial charge on any atom is -0.453 e. The first-order chi connectivity index (χ1) is 10.1. The first-order valence-electron chi connectivity index (χ1n) is 7.02. The van der Waals surface area contributed by atoms with E-state index in [9.17, 15) is 4.79 Å². The molecule has 0 bridgehead atoms. The minimum atomic E-state index is -0.187. The summed E-state index contributed by atoms with van der Waals surface area (Å²) in [5.41, 5.74) is 6.77. The van der Waals surface area contributed by atoms with Crippen LogP contribution in [-0.4, -0.2) is 22.2 Å². The lowest BCUT2D eigenvalue weighted by Crippen LogP contribution is -2.23. The fourth-order valence-electron chi connectivity index (χ4n) is 1.94. The molecule has 1 heterocycles. The molecule has 0 aliphatic heterocycles. The number of amides is 1. The molecule has 6 nitrogen and oxygen atoms in total. The SMILES string of the molecule is CCCn1cc(Oc2cc(N)ccc2C(=O)NCC)cn1. The van der Waals surface area contributed by atoms with E-state index in [-0.39, 0.29) is 5.91 Å². The summed E-state index contributed by atoms with van der Waals surface area (Å²) in [5, 5.41) is 6.95. The van der Waals surface area contributed by atoms with Crippen molar-refractivity contribution in [3.63, 3.8) is 0 Å². The van der Waals surface area contributed by atoms with Crippen LogP contribution in [0.4, 0.5) is 5.69 Å². The molecule has 2 aromatic rings. The zero-order chi connectivity index (χ0) is 15.2. The number of carbonyl (C=O) groups is 1. The van der Waals surface area contributed by atoms with Gasteiger partial charge in [0.15, 0.2) is 5.75 Å². The van der Waals surface area contributed by atoms with Crippen LogP contribution in [0.5, 0.6) is 11.5 Å². The van der Waals surface area contributed by atoms with Gasteiger partial charge in [0, 0.05) is 24.8 Å². The molecule has 0 atom stereocenters. The molecular weight excluding hydrogens is 268 g/mol. The van der Waals surface area contributed by atoms with E-state index >= 15 is 0 Å². The summed E-state index contributed by atoms with van der Waals surface area (Å²) in [6, 6.07) is 4.98. The van der Waals surface area contributed by atoms with Crippen molar-refractivity contribution in [2.45, 2.75) is 26.8 Å². The number of nitrogens with two attached hydrogens (primary N) is 1. The van der Waals surface area contributed by atoms with Crippen molar-refractivity contribution in [1.29, 1.82) is 0 Å². The lowest BCUT2D eigenvalue weighted by molar-refractivity contribution is 0.0953. The number of hydrogen-bond donors (Lipinski definition) is 2. The first-order valence-corrected chi connectivity index (χ1v) is 7.02. The molecule has 6 heteroatoms. The predicted molar refractivity (Wildman–Crippen MR) is 81.5 cm³/mol. The number of aryl methyl sites for hydroxylation is 1. The summed E-state index contributed by atoms with van der Waals surface area (Å²) < 4.78 is 7.56. The molecule has 1 aromatic heterocycles. The van der Waals surface area contributed by atoms with Crippen molar-refractivity contribution < 1.29 is 9.53 Å². The number of rotatable bonds is 6. The number of hydrogen-bond acceptors (Lipinski definition) is 4. The number of nitrogens with zero attached hydrogens (tertiary/aromatic N) is 2. The molecule has 0 fully saturated rings. The monoisotopic (exact) mass is 288 g/mol. The third kappa shape index (κ3) is 3.75. The van der Waals surface area contributed by atoms with Crippen LogP contribution in [0, 0.1) is 0 Å². The van der Waals surface area contributed by atoms with Gasteiger partial charge in [-0.15, -0.1) is 0 Å². The van der Waals surface area contributed by atoms with E-state index < -0.39 is 0 Å². The number of nitrogens with one attached hydrogen (secondary N) is 1. The van der Waals surface area contributed by atoms with E-state index in [0.717, 1.165) is 13.0 Å². The molecule has 0 radical (unpaired) electrons. The zero-order valence-corrected chi connectivity index (χ0v) is 12.3. The van der Waals surface area contributed by atoms with E-state index in [2.05, 4.69) is 17.3 Å². The highest BCUT2D eigenvalue weighted by molar-refractivity contribution is 5.97. The summed E-state index contributed by atoms with van der Waals surface area (Å²) in [4.78, 5) is 12.0. The molecule has 2 rings (SSSR count). The molecule has 0 saturated carbocycles. The fraction of sp³-hybridized carbons (Fsp3) is 0.333. The van der Waals surface area contributed by atoms with Gasteiger partial charge < -0.3 is 15.8 Å². The molecule has 0 aliphatic carbocycles. The molecule has 0 spiro atoms. The van der Waals surface area contributed by atoms with Gasteiger partial charge in [0.25, 0.3) is 5.91 Å². The zero-order valence-electron chi connectivity index (χ0n) is 12.3. The third-order valence-electron chi connectivity index (χ3n) is 2.88. The second-order valence-electron chi connectivity index (χ2n) is 4.66. The van der Waals surface area contributed by atoms with Crippen LogP contribution >= 0.6 is 0 Å². The molecule has 3 N–H and O–H groups in total. The Balaban J connectivity index is 2.24. The number of ether oxygens (including phenoxy) is 1. The summed E-state index contributed by atoms with van der Waals surface area (Å²) >= 11 is 0. The molecular formula is C15H20N4O2. The normalized spacial score (nSPS) is 10.4. The van der Waals surface area contributed by atoms with Crippen LogP contribution in [0.15, 0.2) is 30.6 Å². The summed E-state index contributed by atoms with van der Waals surface area (Å²) in [6.07, 6.45) is 4.41. The van der Waals surface area contributed by atoms with E-state index in [0.29, 0.717) is 29.3 Å². The average molecular weight is 288 g/mol. The second-order valence-corrected chi connectivity index (χ2v) is 4.66. The van der Waals surface area contributed by atoms with Gasteiger partial charge >= 0.3 is 0 Å². The van der Waals surface area contributed by atoms with Crippen LogP contribution < -0.4 is 15.8 Å². The van der Waals surface area contributed by atoms with Gasteiger partial charge in [0.05, 0.1) is 18.0 Å². The number of carbonyl (C=O) groups excluding carboxylic acids is 1. The number of aromatic nitrogens is 2. The predicted octanol–water partition coefficient (Wildman–Crippen LogP) is 2.42. The molecule has 1 amide bonds. The van der Waals surface area contributed by atoms with Gasteiger partial charge in [-0.05, 0) is 25.5 Å². The van der Waals surface area contributed by atoms with E-state index in [1.165, 1.54) is 0 Å². The maximum absolute atomic E-state index is 12.0. The Hall–Kier alpha value is -2.50. The highest BCUT2D eigenvalue weighted by atomic mass is 16.5. The lowest BCUT2D eigenvalue weighted by Gasteiger charge is -2.10. The maximum Gasteiger partial charge on any atom is 0.255 e. The molecule has 0 unspecified atom stereocenters. The summed E-state index contributed by atoms with van der Waals surface area (Å²) in [7, 11) is 0. The van der Waals surface area contributed by atoms with Gasteiger partial charge in [-0.3, -0.25) is 9.48 Å². The quantitative estimate of drug-likeness (QED) is 0.800. The van der Waals surface area contributed by atoms with E-state index in [4.69, 9.17) is 10.5 Å². The summed E-state index contributed by atoms with van der Waals surface area (Å²) in [5.74, 6) is 0.824. The van der Waals surface area contributed by atoms with Gasteiger partial charge in [-0.2, -0.15) is 5.10 Å². The Kier molecular flexibility index (Phi) is 4.81. The summed E-state index contributed by atoms with van der Waals surface area (Å²) in [6.45, 7) is 5.32. The molecule has 0 saturated heterocycles. The molecule has 1 aromatic carbocycles. The van der Waals surface area contributed by atoms with Crippen LogP contribution in [-0.2, 0) is 6.54 Å². The number of nitrogen functional groups attached to an aromatic ring is 1. The van der Waals surface area contributed by atoms with Crippen molar-refractivity contribution in [3.8, 4) is 11.5 Å². The first kappa shape index (κ1) is 14.9. The van der Waals surface area contributed by atoms with Crippen molar-refractivity contribution >= 4 is 11.6 Å². The van der Waals surface area contributed by atoms with Gasteiger partial charge in [-0.25, -0.2) is 0 Å². The maximum atomic E-state index is 12.0. The average Bonchev–Trinajstić information content (AvgIpc) is 2.87. The highest BCUT2D eigenvalue weighted by Gasteiger charge is 2.13. The van der Waals surface area contributed by atoms with E-state index in [1.54, 1.807) is 35.3 Å². The number of anilines is 1. The van der Waals surface area contributed by atoms with Crippen LogP contribution in [0.25, 0.3) is 0 Å². The van der Waals surface area contributed by atoms with Crippen LogP contribution in [0.2, 0.25) is 0 Å². The molecule has 112 valence electrons. The van der Waals surface area contributed by atoms with Gasteiger partial charge in [0.1, 0.15) is 5.75 Å². The van der Waals surface area contributed by atoms with E-state index in [1.807, 2.05) is 6.92 Å². The Morgan fingerprint density at radius 1 is 1.43 bits per heavy atom.